The SMILES string of the molecule is COc1cc(C)nc(NC(=O)NS(=O)(=O)c2cccc3c2N(C)C(=O)C(C)O3)n1. The van der Waals surface area contributed by atoms with Gasteiger partial charge in [0.05, 0.1) is 7.11 Å². The molecule has 0 radical (unpaired) electrons. The quantitative estimate of drug-likeness (QED) is 0.746. The monoisotopic (exact) mass is 421 g/mol. The summed E-state index contributed by atoms with van der Waals surface area (Å²) in [5.41, 5.74) is 0.558. The topological polar surface area (TPSA) is 140 Å². The molecule has 0 fully saturated rings. The summed E-state index contributed by atoms with van der Waals surface area (Å²) in [7, 11) is -1.51. The third kappa shape index (κ3) is 4.06. The fraction of sp³-hybridized carbons (Fsp3) is 0.294. The Kier molecular flexibility index (Phi) is 5.29. The molecule has 1 atom stereocenters. The van der Waals surface area contributed by atoms with Gasteiger partial charge in [0.15, 0.2) is 6.10 Å². The number of methoxy groups -OCH3 is 1. The van der Waals surface area contributed by atoms with Crippen LogP contribution in [0.15, 0.2) is 29.2 Å². The first kappa shape index (κ1) is 20.3. The van der Waals surface area contributed by atoms with Gasteiger partial charge in [0, 0.05) is 18.8 Å². The van der Waals surface area contributed by atoms with Gasteiger partial charge in [-0.2, -0.15) is 4.98 Å². The van der Waals surface area contributed by atoms with E-state index in [0.29, 0.717) is 5.69 Å². The molecule has 12 heteroatoms. The molecule has 3 amide bonds. The van der Waals surface area contributed by atoms with E-state index in [9.17, 15) is 18.0 Å². The lowest BCUT2D eigenvalue weighted by molar-refractivity contribution is -0.125. The second kappa shape index (κ2) is 7.54. The van der Waals surface area contributed by atoms with Crippen LogP contribution in [0.3, 0.4) is 0 Å². The highest BCUT2D eigenvalue weighted by Gasteiger charge is 2.34. The van der Waals surface area contributed by atoms with Crippen molar-refractivity contribution in [3.05, 3.63) is 30.0 Å². The molecule has 3 rings (SSSR count). The highest BCUT2D eigenvalue weighted by molar-refractivity contribution is 7.90. The molecule has 11 nitrogen and oxygen atoms in total. The summed E-state index contributed by atoms with van der Waals surface area (Å²) < 4.78 is 37.9. The molecule has 2 aromatic rings. The first-order valence-electron chi connectivity index (χ1n) is 8.43. The summed E-state index contributed by atoms with van der Waals surface area (Å²) in [5.74, 6) is -0.118. The lowest BCUT2D eigenvalue weighted by atomic mass is 10.2. The minimum Gasteiger partial charge on any atom is -0.481 e. The van der Waals surface area contributed by atoms with E-state index in [1.54, 1.807) is 26.0 Å². The number of para-hydroxylation sites is 1. The number of sulfonamides is 1. The zero-order valence-electron chi connectivity index (χ0n) is 16.1. The minimum atomic E-state index is -4.34. The number of urea groups is 1. The van der Waals surface area contributed by atoms with E-state index < -0.39 is 28.1 Å². The van der Waals surface area contributed by atoms with Crippen molar-refractivity contribution in [1.82, 2.24) is 14.7 Å². The van der Waals surface area contributed by atoms with Crippen LogP contribution in [0.25, 0.3) is 0 Å². The number of carbonyl (C=O) groups excluding carboxylic acids is 2. The van der Waals surface area contributed by atoms with E-state index in [1.165, 1.54) is 31.2 Å². The van der Waals surface area contributed by atoms with Crippen molar-refractivity contribution in [1.29, 1.82) is 0 Å². The van der Waals surface area contributed by atoms with Crippen LogP contribution in [0.1, 0.15) is 12.6 Å². The van der Waals surface area contributed by atoms with Gasteiger partial charge in [-0.1, -0.05) is 6.07 Å². The second-order valence-electron chi connectivity index (χ2n) is 6.20. The maximum Gasteiger partial charge on any atom is 0.335 e. The summed E-state index contributed by atoms with van der Waals surface area (Å²) in [6.07, 6.45) is -0.754. The van der Waals surface area contributed by atoms with Gasteiger partial charge in [0.2, 0.25) is 11.8 Å². The van der Waals surface area contributed by atoms with Gasteiger partial charge < -0.3 is 14.4 Å². The van der Waals surface area contributed by atoms with Crippen LogP contribution in [0.5, 0.6) is 11.6 Å². The van der Waals surface area contributed by atoms with Gasteiger partial charge in [0.1, 0.15) is 16.3 Å². The van der Waals surface area contributed by atoms with Crippen molar-refractivity contribution in [3.63, 3.8) is 0 Å². The van der Waals surface area contributed by atoms with E-state index >= 15 is 0 Å². The molecule has 0 saturated carbocycles. The average Bonchev–Trinajstić information content (AvgIpc) is 2.64. The lowest BCUT2D eigenvalue weighted by Crippen LogP contribution is -2.43. The van der Waals surface area contributed by atoms with Crippen molar-refractivity contribution in [2.45, 2.75) is 24.8 Å². The molecular formula is C17H19N5O6S. The smallest absolute Gasteiger partial charge is 0.335 e. The number of carbonyl (C=O) groups is 2. The van der Waals surface area contributed by atoms with Gasteiger partial charge in [-0.05, 0) is 26.0 Å². The molecule has 0 spiro atoms. The maximum absolute atomic E-state index is 12.8. The summed E-state index contributed by atoms with van der Waals surface area (Å²) in [6.45, 7) is 3.22. The maximum atomic E-state index is 12.8. The zero-order chi connectivity index (χ0) is 21.3. The Morgan fingerprint density at radius 2 is 2.03 bits per heavy atom. The van der Waals surface area contributed by atoms with Crippen LogP contribution in [0, 0.1) is 6.92 Å². The molecule has 2 N–H and O–H groups in total. The Labute approximate surface area is 167 Å². The fourth-order valence-electron chi connectivity index (χ4n) is 2.77. The predicted octanol–water partition coefficient (Wildman–Crippen LogP) is 1.05. The van der Waals surface area contributed by atoms with E-state index in [2.05, 4.69) is 15.3 Å². The average molecular weight is 421 g/mol. The number of amides is 3. The Morgan fingerprint density at radius 1 is 1.31 bits per heavy atom. The number of aryl methyl sites for hydroxylation is 1. The number of ether oxygens (including phenoxy) is 2. The van der Waals surface area contributed by atoms with E-state index in [0.717, 1.165) is 0 Å². The molecular weight excluding hydrogens is 402 g/mol. The Morgan fingerprint density at radius 3 is 2.72 bits per heavy atom. The van der Waals surface area contributed by atoms with Gasteiger partial charge in [-0.3, -0.25) is 10.1 Å². The highest BCUT2D eigenvalue weighted by Crippen LogP contribution is 2.38. The van der Waals surface area contributed by atoms with Crippen LogP contribution in [-0.4, -0.2) is 50.6 Å². The number of likely N-dealkylation sites (N-methyl/N-ethyl adjacent to an activating group) is 1. The van der Waals surface area contributed by atoms with Crippen molar-refractivity contribution >= 4 is 33.6 Å². The third-order valence-corrected chi connectivity index (χ3v) is 5.42. The zero-order valence-corrected chi connectivity index (χ0v) is 16.9. The normalized spacial score (nSPS) is 15.9. The largest absolute Gasteiger partial charge is 0.481 e. The van der Waals surface area contributed by atoms with Gasteiger partial charge in [-0.15, -0.1) is 0 Å². The predicted molar refractivity (Wildman–Crippen MR) is 103 cm³/mol. The summed E-state index contributed by atoms with van der Waals surface area (Å²) >= 11 is 0. The number of anilines is 2. The molecule has 1 aromatic heterocycles. The van der Waals surface area contributed by atoms with Gasteiger partial charge in [0.25, 0.3) is 15.9 Å². The first-order chi connectivity index (χ1) is 13.6. The van der Waals surface area contributed by atoms with Crippen LogP contribution in [-0.2, 0) is 14.8 Å². The van der Waals surface area contributed by atoms with Crippen molar-refractivity contribution in [2.75, 3.05) is 24.4 Å². The summed E-state index contributed by atoms with van der Waals surface area (Å²) in [6, 6.07) is 4.74. The lowest BCUT2D eigenvalue weighted by Gasteiger charge is -2.31. The number of aromatic nitrogens is 2. The standard InChI is InChI=1S/C17H19N5O6S/c1-9-8-13(27-4)19-16(18-9)20-17(24)21-29(25,26)12-7-5-6-11-14(12)22(3)15(23)10(2)28-11/h5-8,10H,1-4H3,(H2,18,19,20,21,24). The van der Waals surface area contributed by atoms with Gasteiger partial charge >= 0.3 is 6.03 Å². The van der Waals surface area contributed by atoms with E-state index in [1.807, 2.05) is 4.72 Å². The van der Waals surface area contributed by atoms with Crippen LogP contribution >= 0.6 is 0 Å². The number of benzene rings is 1. The molecule has 29 heavy (non-hydrogen) atoms. The van der Waals surface area contributed by atoms with E-state index in [4.69, 9.17) is 9.47 Å². The van der Waals surface area contributed by atoms with Crippen molar-refractivity contribution < 1.29 is 27.5 Å². The molecule has 1 aliphatic heterocycles. The molecule has 154 valence electrons. The summed E-state index contributed by atoms with van der Waals surface area (Å²) in [4.78, 5) is 33.3. The van der Waals surface area contributed by atoms with Crippen LogP contribution in [0.4, 0.5) is 16.4 Å². The molecule has 1 aliphatic rings. The number of rotatable bonds is 4. The molecule has 0 saturated heterocycles. The van der Waals surface area contributed by atoms with Gasteiger partial charge in [-0.25, -0.2) is 22.9 Å². The fourth-order valence-corrected chi connectivity index (χ4v) is 3.93. The Hall–Kier alpha value is -3.41. The number of hydrogen-bond acceptors (Lipinski definition) is 8. The van der Waals surface area contributed by atoms with Crippen molar-refractivity contribution in [2.24, 2.45) is 0 Å². The molecule has 1 unspecified atom stereocenters. The Balaban J connectivity index is 1.87. The molecule has 0 bridgehead atoms. The second-order valence-corrected chi connectivity index (χ2v) is 7.85. The number of hydrogen-bond donors (Lipinski definition) is 2. The number of nitrogens with zero attached hydrogens (tertiary/aromatic N) is 3. The number of nitrogens with one attached hydrogen (secondary N) is 2. The molecule has 2 heterocycles. The molecule has 1 aromatic carbocycles. The highest BCUT2D eigenvalue weighted by atomic mass is 32.2. The minimum absolute atomic E-state index is 0.0457. The third-order valence-electron chi connectivity index (χ3n) is 4.06. The van der Waals surface area contributed by atoms with Crippen LogP contribution < -0.4 is 24.4 Å². The first-order valence-corrected chi connectivity index (χ1v) is 9.91. The van der Waals surface area contributed by atoms with Crippen molar-refractivity contribution in [3.8, 4) is 11.6 Å². The summed E-state index contributed by atoms with van der Waals surface area (Å²) in [5, 5.41) is 2.25. The van der Waals surface area contributed by atoms with Crippen LogP contribution in [0.2, 0.25) is 0 Å². The number of fused-ring (bicyclic) bond motifs is 1. The molecule has 0 aliphatic carbocycles. The Bertz CT molecular complexity index is 1090. The van der Waals surface area contributed by atoms with E-state index in [-0.39, 0.29) is 28.2 Å².